The number of halogens is 1. The summed E-state index contributed by atoms with van der Waals surface area (Å²) in [4.78, 5) is 16.3. The SMILES string of the molecule is Cl.N=c1ccn2c(n1)O[C@H]1[C@H](OC(=O)Cc3ccccc3)[C@@H](CO)O[C@H]12. The van der Waals surface area contributed by atoms with Gasteiger partial charge < -0.3 is 19.3 Å². The average Bonchev–Trinajstić information content (AvgIpc) is 3.11. The minimum Gasteiger partial charge on any atom is -0.455 e. The number of aromatic nitrogens is 2. The summed E-state index contributed by atoms with van der Waals surface area (Å²) in [6.45, 7) is -0.292. The first-order chi connectivity index (χ1) is 12.2. The van der Waals surface area contributed by atoms with Gasteiger partial charge in [0.2, 0.25) is 0 Å². The number of benzene rings is 1. The van der Waals surface area contributed by atoms with Gasteiger partial charge in [-0.15, -0.1) is 12.4 Å². The molecule has 4 atom stereocenters. The van der Waals surface area contributed by atoms with E-state index in [4.69, 9.17) is 19.6 Å². The summed E-state index contributed by atoms with van der Waals surface area (Å²) < 4.78 is 18.7. The maximum absolute atomic E-state index is 12.3. The van der Waals surface area contributed by atoms with Gasteiger partial charge in [-0.25, -0.2) is 0 Å². The summed E-state index contributed by atoms with van der Waals surface area (Å²) in [5.74, 6) is -0.419. The lowest BCUT2D eigenvalue weighted by Crippen LogP contribution is -2.39. The number of carbonyl (C=O) groups excluding carboxylic acids is 1. The summed E-state index contributed by atoms with van der Waals surface area (Å²) in [7, 11) is 0. The number of nitrogens with zero attached hydrogens (tertiary/aromatic N) is 2. The maximum Gasteiger partial charge on any atom is 0.310 e. The van der Waals surface area contributed by atoms with Crippen LogP contribution < -0.4 is 10.2 Å². The van der Waals surface area contributed by atoms with Gasteiger partial charge in [0.15, 0.2) is 23.9 Å². The van der Waals surface area contributed by atoms with E-state index >= 15 is 0 Å². The Morgan fingerprint density at radius 1 is 1.31 bits per heavy atom. The van der Waals surface area contributed by atoms with Crippen LogP contribution in [0.15, 0.2) is 42.6 Å². The molecule has 0 aliphatic carbocycles. The Morgan fingerprint density at radius 2 is 2.08 bits per heavy atom. The molecule has 0 bridgehead atoms. The van der Waals surface area contributed by atoms with Crippen LogP contribution in [-0.2, 0) is 20.7 Å². The van der Waals surface area contributed by atoms with E-state index in [2.05, 4.69) is 4.98 Å². The highest BCUT2D eigenvalue weighted by Crippen LogP contribution is 2.40. The second kappa shape index (κ2) is 7.45. The van der Waals surface area contributed by atoms with E-state index in [-0.39, 0.29) is 36.9 Å². The summed E-state index contributed by atoms with van der Waals surface area (Å²) in [6.07, 6.45) is -0.811. The molecule has 8 nitrogen and oxygen atoms in total. The molecule has 4 rings (SSSR count). The molecule has 2 aromatic rings. The second-order valence-electron chi connectivity index (χ2n) is 5.95. The lowest BCUT2D eigenvalue weighted by Gasteiger charge is -2.20. The third-order valence-corrected chi connectivity index (χ3v) is 4.27. The number of aliphatic hydroxyl groups excluding tert-OH is 1. The summed E-state index contributed by atoms with van der Waals surface area (Å²) in [5.41, 5.74) is 0.914. The third kappa shape index (κ3) is 3.31. The molecule has 0 radical (unpaired) electrons. The molecule has 1 aromatic heterocycles. The quantitative estimate of drug-likeness (QED) is 0.753. The van der Waals surface area contributed by atoms with Crippen molar-refractivity contribution in [1.29, 1.82) is 5.41 Å². The number of nitrogens with one attached hydrogen (secondary N) is 1. The molecule has 3 heterocycles. The van der Waals surface area contributed by atoms with Crippen molar-refractivity contribution in [2.24, 2.45) is 0 Å². The Kier molecular flexibility index (Phi) is 5.26. The van der Waals surface area contributed by atoms with Crippen LogP contribution in [0.4, 0.5) is 0 Å². The highest BCUT2D eigenvalue weighted by Gasteiger charge is 2.53. The van der Waals surface area contributed by atoms with Crippen LogP contribution in [0.1, 0.15) is 11.8 Å². The largest absolute Gasteiger partial charge is 0.455 e. The monoisotopic (exact) mass is 379 g/mol. The fourth-order valence-electron chi connectivity index (χ4n) is 3.12. The lowest BCUT2D eigenvalue weighted by molar-refractivity contribution is -0.155. The van der Waals surface area contributed by atoms with Gasteiger partial charge in [-0.1, -0.05) is 30.3 Å². The summed E-state index contributed by atoms with van der Waals surface area (Å²) in [6, 6.07) is 11.0. The van der Waals surface area contributed by atoms with E-state index in [0.29, 0.717) is 0 Å². The van der Waals surface area contributed by atoms with Crippen LogP contribution in [0, 0.1) is 5.41 Å². The molecule has 2 aliphatic heterocycles. The standard InChI is InChI=1S/C17H17N3O5.ClH/c18-12-6-7-20-16-15(25-17(20)19-12)14(11(9-21)23-16)24-13(22)8-10-4-2-1-3-5-10;/h1-7,11,14-16,18,21H,8-9H2;1H/t11-,14-,15+,16-;/m1./s1. The molecule has 9 heteroatoms. The molecule has 2 N–H and O–H groups in total. The van der Waals surface area contributed by atoms with Crippen molar-refractivity contribution in [1.82, 2.24) is 9.55 Å². The van der Waals surface area contributed by atoms with Gasteiger partial charge in [-0.2, -0.15) is 4.98 Å². The minimum atomic E-state index is -0.748. The molecule has 0 spiro atoms. The van der Waals surface area contributed by atoms with Gasteiger partial charge >= 0.3 is 12.0 Å². The predicted octanol–water partition coefficient (Wildman–Crippen LogP) is 0.590. The van der Waals surface area contributed by atoms with Crippen molar-refractivity contribution in [2.75, 3.05) is 6.61 Å². The zero-order chi connectivity index (χ0) is 17.4. The first kappa shape index (κ1) is 18.4. The predicted molar refractivity (Wildman–Crippen MR) is 90.8 cm³/mol. The Bertz CT molecular complexity index is 844. The highest BCUT2D eigenvalue weighted by molar-refractivity contribution is 5.85. The van der Waals surface area contributed by atoms with Crippen LogP contribution in [0.2, 0.25) is 0 Å². The smallest absolute Gasteiger partial charge is 0.310 e. The van der Waals surface area contributed by atoms with Crippen molar-refractivity contribution < 1.29 is 24.1 Å². The van der Waals surface area contributed by atoms with Crippen LogP contribution in [-0.4, -0.2) is 45.5 Å². The van der Waals surface area contributed by atoms with Crippen molar-refractivity contribution in [3.63, 3.8) is 0 Å². The number of hydrogen-bond donors (Lipinski definition) is 2. The van der Waals surface area contributed by atoms with Gasteiger partial charge in [0.05, 0.1) is 13.0 Å². The van der Waals surface area contributed by atoms with E-state index in [9.17, 15) is 9.90 Å². The molecule has 0 saturated carbocycles. The Balaban J connectivity index is 0.00000196. The Hall–Kier alpha value is -2.42. The number of rotatable bonds is 4. The van der Waals surface area contributed by atoms with E-state index in [1.54, 1.807) is 10.8 Å². The maximum atomic E-state index is 12.3. The van der Waals surface area contributed by atoms with Crippen molar-refractivity contribution in [3.8, 4) is 6.01 Å². The number of ether oxygens (including phenoxy) is 3. The Labute approximate surface area is 155 Å². The van der Waals surface area contributed by atoms with Crippen LogP contribution in [0.25, 0.3) is 0 Å². The van der Waals surface area contributed by atoms with Crippen molar-refractivity contribution in [3.05, 3.63) is 53.6 Å². The fourth-order valence-corrected chi connectivity index (χ4v) is 3.12. The molecule has 1 saturated heterocycles. The zero-order valence-electron chi connectivity index (χ0n) is 13.6. The van der Waals surface area contributed by atoms with Crippen molar-refractivity contribution in [2.45, 2.75) is 31.0 Å². The molecular formula is C17H18ClN3O5. The first-order valence-corrected chi connectivity index (χ1v) is 7.96. The molecular weight excluding hydrogens is 362 g/mol. The molecule has 1 fully saturated rings. The van der Waals surface area contributed by atoms with Crippen LogP contribution >= 0.6 is 12.4 Å². The van der Waals surface area contributed by atoms with E-state index in [0.717, 1.165) is 5.56 Å². The number of esters is 1. The van der Waals surface area contributed by atoms with Gasteiger partial charge in [0, 0.05) is 6.20 Å². The molecule has 2 aliphatic rings. The highest BCUT2D eigenvalue weighted by atomic mass is 35.5. The number of hydrogen-bond acceptors (Lipinski definition) is 7. The number of fused-ring (bicyclic) bond motifs is 3. The normalized spacial score (nSPS) is 25.6. The third-order valence-electron chi connectivity index (χ3n) is 4.27. The van der Waals surface area contributed by atoms with E-state index < -0.39 is 30.5 Å². The average molecular weight is 380 g/mol. The summed E-state index contributed by atoms with van der Waals surface area (Å²) in [5, 5.41) is 17.1. The van der Waals surface area contributed by atoms with Gasteiger partial charge in [-0.3, -0.25) is 14.8 Å². The summed E-state index contributed by atoms with van der Waals surface area (Å²) >= 11 is 0. The fraction of sp³-hybridized carbons (Fsp3) is 0.353. The lowest BCUT2D eigenvalue weighted by atomic mass is 10.1. The minimum absolute atomic E-state index is 0. The van der Waals surface area contributed by atoms with E-state index in [1.807, 2.05) is 30.3 Å². The zero-order valence-corrected chi connectivity index (χ0v) is 14.5. The number of carbonyl (C=O) groups is 1. The van der Waals surface area contributed by atoms with Gasteiger partial charge in [-0.05, 0) is 11.6 Å². The topological polar surface area (TPSA) is 107 Å². The van der Waals surface area contributed by atoms with Gasteiger partial charge in [0.1, 0.15) is 6.10 Å². The number of aliphatic hydroxyl groups is 1. The molecule has 1 aromatic carbocycles. The second-order valence-corrected chi connectivity index (χ2v) is 5.95. The Morgan fingerprint density at radius 3 is 2.81 bits per heavy atom. The van der Waals surface area contributed by atoms with Crippen LogP contribution in [0.3, 0.4) is 0 Å². The van der Waals surface area contributed by atoms with E-state index in [1.165, 1.54) is 6.07 Å². The molecule has 138 valence electrons. The molecule has 0 unspecified atom stereocenters. The molecule has 0 amide bonds. The van der Waals surface area contributed by atoms with Gasteiger partial charge in [0.25, 0.3) is 0 Å². The van der Waals surface area contributed by atoms with Crippen LogP contribution in [0.5, 0.6) is 6.01 Å². The van der Waals surface area contributed by atoms with Crippen molar-refractivity contribution >= 4 is 18.4 Å². The molecule has 26 heavy (non-hydrogen) atoms. The first-order valence-electron chi connectivity index (χ1n) is 7.96.